The molecule has 0 N–H and O–H groups in total. The van der Waals surface area contributed by atoms with Crippen LogP contribution in [0.2, 0.25) is 0 Å². The largest absolute Gasteiger partial charge is 0.498 e. The molecular formula is C14H20BFO4. The van der Waals surface area contributed by atoms with Gasteiger partial charge in [-0.2, -0.15) is 4.39 Å². The molecule has 110 valence electrons. The van der Waals surface area contributed by atoms with Crippen LogP contribution in [0.1, 0.15) is 27.7 Å². The average Bonchev–Trinajstić information content (AvgIpc) is 2.58. The standard InChI is InChI=1S/C14H20BFO4/c1-13(2)14(3,4)20-15(19-13)9-7-8-10(17-5)11(16)12(9)18-6/h7-8H,1-6H3. The van der Waals surface area contributed by atoms with E-state index in [0.29, 0.717) is 5.46 Å². The summed E-state index contributed by atoms with van der Waals surface area (Å²) in [4.78, 5) is 0. The summed E-state index contributed by atoms with van der Waals surface area (Å²) in [6, 6.07) is 3.24. The molecule has 0 bridgehead atoms. The first-order valence-electron chi connectivity index (χ1n) is 6.49. The summed E-state index contributed by atoms with van der Waals surface area (Å²) in [5.74, 6) is -0.341. The van der Waals surface area contributed by atoms with Gasteiger partial charge in [-0.1, -0.05) is 6.07 Å². The molecule has 1 fully saturated rings. The first-order valence-corrected chi connectivity index (χ1v) is 6.49. The zero-order valence-electron chi connectivity index (χ0n) is 12.7. The number of rotatable bonds is 3. The highest BCUT2D eigenvalue weighted by molar-refractivity contribution is 6.63. The third-order valence-corrected chi connectivity index (χ3v) is 4.02. The molecule has 4 nitrogen and oxygen atoms in total. The van der Waals surface area contributed by atoms with E-state index >= 15 is 0 Å². The fraction of sp³-hybridized carbons (Fsp3) is 0.571. The van der Waals surface area contributed by atoms with Crippen molar-refractivity contribution in [3.05, 3.63) is 17.9 Å². The molecule has 2 rings (SSSR count). The molecule has 0 unspecified atom stereocenters. The normalized spacial score (nSPS) is 20.1. The Labute approximate surface area is 119 Å². The van der Waals surface area contributed by atoms with Crippen molar-refractivity contribution < 1.29 is 23.2 Å². The topological polar surface area (TPSA) is 36.9 Å². The van der Waals surface area contributed by atoms with E-state index in [1.54, 1.807) is 6.07 Å². The van der Waals surface area contributed by atoms with Crippen molar-refractivity contribution in [1.82, 2.24) is 0 Å². The second-order valence-corrected chi connectivity index (χ2v) is 5.79. The third kappa shape index (κ3) is 2.27. The lowest BCUT2D eigenvalue weighted by Crippen LogP contribution is -2.41. The molecule has 0 atom stereocenters. The van der Waals surface area contributed by atoms with Gasteiger partial charge in [-0.05, 0) is 33.8 Å². The highest BCUT2D eigenvalue weighted by atomic mass is 19.1. The van der Waals surface area contributed by atoms with E-state index in [-0.39, 0.29) is 11.5 Å². The Morgan fingerprint density at radius 3 is 2.00 bits per heavy atom. The van der Waals surface area contributed by atoms with Crippen LogP contribution in [-0.4, -0.2) is 32.5 Å². The number of methoxy groups -OCH3 is 2. The maximum atomic E-state index is 14.2. The molecule has 0 spiro atoms. The van der Waals surface area contributed by atoms with Crippen LogP contribution in [-0.2, 0) is 9.31 Å². The summed E-state index contributed by atoms with van der Waals surface area (Å²) >= 11 is 0. The summed E-state index contributed by atoms with van der Waals surface area (Å²) < 4.78 is 36.1. The SMILES string of the molecule is COc1ccc(B2OC(C)(C)C(C)(C)O2)c(OC)c1F. The summed E-state index contributed by atoms with van der Waals surface area (Å²) in [6.45, 7) is 7.78. The smallest absolute Gasteiger partial charge is 0.494 e. The Balaban J connectivity index is 2.43. The van der Waals surface area contributed by atoms with Crippen LogP contribution in [0.5, 0.6) is 11.5 Å². The lowest BCUT2D eigenvalue weighted by atomic mass is 9.78. The Kier molecular flexibility index (Phi) is 3.73. The van der Waals surface area contributed by atoms with E-state index in [1.807, 2.05) is 27.7 Å². The predicted octanol–water partition coefficient (Wildman–Crippen LogP) is 2.14. The third-order valence-electron chi connectivity index (χ3n) is 4.02. The van der Waals surface area contributed by atoms with Gasteiger partial charge in [-0.25, -0.2) is 0 Å². The van der Waals surface area contributed by atoms with Crippen molar-refractivity contribution in [2.45, 2.75) is 38.9 Å². The van der Waals surface area contributed by atoms with Crippen molar-refractivity contribution in [2.24, 2.45) is 0 Å². The minimum atomic E-state index is -0.671. The molecule has 0 saturated carbocycles. The van der Waals surface area contributed by atoms with Crippen LogP contribution < -0.4 is 14.9 Å². The van der Waals surface area contributed by atoms with Gasteiger partial charge in [0, 0.05) is 5.46 Å². The van der Waals surface area contributed by atoms with E-state index in [4.69, 9.17) is 18.8 Å². The van der Waals surface area contributed by atoms with Crippen molar-refractivity contribution in [3.63, 3.8) is 0 Å². The summed E-state index contributed by atoms with van der Waals surface area (Å²) in [5, 5.41) is 0. The van der Waals surface area contributed by atoms with Crippen LogP contribution in [0.25, 0.3) is 0 Å². The van der Waals surface area contributed by atoms with Gasteiger partial charge in [-0.3, -0.25) is 0 Å². The average molecular weight is 282 g/mol. The Bertz CT molecular complexity index is 500. The van der Waals surface area contributed by atoms with Crippen LogP contribution in [0.4, 0.5) is 4.39 Å². The maximum Gasteiger partial charge on any atom is 0.498 e. The molecule has 20 heavy (non-hydrogen) atoms. The Morgan fingerprint density at radius 1 is 1.00 bits per heavy atom. The van der Waals surface area contributed by atoms with Gasteiger partial charge >= 0.3 is 7.12 Å². The molecule has 6 heteroatoms. The van der Waals surface area contributed by atoms with Crippen molar-refractivity contribution in [2.75, 3.05) is 14.2 Å². The van der Waals surface area contributed by atoms with E-state index in [0.717, 1.165) is 0 Å². The first kappa shape index (κ1) is 15.1. The quantitative estimate of drug-likeness (QED) is 0.796. The molecule has 0 aromatic heterocycles. The second-order valence-electron chi connectivity index (χ2n) is 5.79. The first-order chi connectivity index (χ1) is 9.23. The lowest BCUT2D eigenvalue weighted by molar-refractivity contribution is 0.00578. The van der Waals surface area contributed by atoms with Crippen LogP contribution in [0.3, 0.4) is 0 Å². The molecule has 0 aliphatic carbocycles. The predicted molar refractivity (Wildman–Crippen MR) is 75.2 cm³/mol. The van der Waals surface area contributed by atoms with Gasteiger partial charge in [0.25, 0.3) is 0 Å². The van der Waals surface area contributed by atoms with E-state index in [2.05, 4.69) is 0 Å². The van der Waals surface area contributed by atoms with Crippen molar-refractivity contribution in [3.8, 4) is 11.5 Å². The van der Waals surface area contributed by atoms with Gasteiger partial charge in [0.05, 0.1) is 25.4 Å². The Hall–Kier alpha value is -1.27. The highest BCUT2D eigenvalue weighted by Gasteiger charge is 2.52. The summed E-state index contributed by atoms with van der Waals surface area (Å²) in [5.41, 5.74) is -0.456. The van der Waals surface area contributed by atoms with Gasteiger partial charge in [0.1, 0.15) is 0 Å². The highest BCUT2D eigenvalue weighted by Crippen LogP contribution is 2.38. The summed E-state index contributed by atoms with van der Waals surface area (Å²) in [6.07, 6.45) is 0. The molecule has 1 saturated heterocycles. The van der Waals surface area contributed by atoms with Gasteiger partial charge in [-0.15, -0.1) is 0 Å². The number of hydrogen-bond donors (Lipinski definition) is 0. The zero-order valence-corrected chi connectivity index (χ0v) is 12.7. The van der Waals surface area contributed by atoms with Crippen LogP contribution in [0.15, 0.2) is 12.1 Å². The Morgan fingerprint density at radius 2 is 1.55 bits per heavy atom. The van der Waals surface area contributed by atoms with Gasteiger partial charge in [0.2, 0.25) is 5.82 Å². The molecule has 1 aromatic rings. The molecular weight excluding hydrogens is 262 g/mol. The fourth-order valence-corrected chi connectivity index (χ4v) is 2.07. The van der Waals surface area contributed by atoms with Crippen molar-refractivity contribution in [1.29, 1.82) is 0 Å². The van der Waals surface area contributed by atoms with Gasteiger partial charge < -0.3 is 18.8 Å². The lowest BCUT2D eigenvalue weighted by Gasteiger charge is -2.32. The number of hydrogen-bond acceptors (Lipinski definition) is 4. The second kappa shape index (κ2) is 4.93. The molecule has 1 heterocycles. The number of ether oxygens (including phenoxy) is 2. The minimum absolute atomic E-state index is 0.0860. The van der Waals surface area contributed by atoms with E-state index in [9.17, 15) is 4.39 Å². The molecule has 0 radical (unpaired) electrons. The zero-order chi connectivity index (χ0) is 15.1. The number of halogens is 1. The molecule has 1 aliphatic rings. The number of benzene rings is 1. The summed E-state index contributed by atoms with van der Waals surface area (Å²) in [7, 11) is 2.15. The monoisotopic (exact) mass is 282 g/mol. The van der Waals surface area contributed by atoms with Crippen LogP contribution in [0, 0.1) is 5.82 Å². The molecule has 0 amide bonds. The molecule has 1 aliphatic heterocycles. The molecule has 1 aromatic carbocycles. The minimum Gasteiger partial charge on any atom is -0.494 e. The van der Waals surface area contributed by atoms with Crippen molar-refractivity contribution >= 4 is 12.6 Å². The van der Waals surface area contributed by atoms with Crippen LogP contribution >= 0.6 is 0 Å². The van der Waals surface area contributed by atoms with Gasteiger partial charge in [0.15, 0.2) is 11.5 Å². The van der Waals surface area contributed by atoms with E-state index < -0.39 is 24.1 Å². The van der Waals surface area contributed by atoms with E-state index in [1.165, 1.54) is 20.3 Å². The maximum absolute atomic E-state index is 14.2. The fourth-order valence-electron chi connectivity index (χ4n) is 2.07.